The van der Waals surface area contributed by atoms with Gasteiger partial charge >= 0.3 is 0 Å². The molecule has 1 aromatic carbocycles. The van der Waals surface area contributed by atoms with Gasteiger partial charge in [-0.3, -0.25) is 4.90 Å². The van der Waals surface area contributed by atoms with E-state index < -0.39 is 17.9 Å². The van der Waals surface area contributed by atoms with Gasteiger partial charge in [-0.2, -0.15) is 0 Å². The number of rotatable bonds is 7. The summed E-state index contributed by atoms with van der Waals surface area (Å²) in [6.07, 6.45) is -1.49. The Morgan fingerprint density at radius 1 is 0.882 bits per heavy atom. The van der Waals surface area contributed by atoms with Gasteiger partial charge in [-0.05, 0) is 52.0 Å². The van der Waals surface area contributed by atoms with Crippen LogP contribution in [-0.2, 0) is 28.4 Å². The molecule has 9 nitrogen and oxygen atoms in total. The Labute approximate surface area is 202 Å². The fourth-order valence-corrected chi connectivity index (χ4v) is 5.22. The van der Waals surface area contributed by atoms with E-state index in [1.807, 2.05) is 39.8 Å². The third kappa shape index (κ3) is 5.21. The average Bonchev–Trinajstić information content (AvgIpc) is 3.44. The van der Waals surface area contributed by atoms with Crippen LogP contribution in [-0.4, -0.2) is 100 Å². The van der Waals surface area contributed by atoms with Gasteiger partial charge in [0.2, 0.25) is 0 Å². The number of hydrogen-bond donors (Lipinski definition) is 0. The highest BCUT2D eigenvalue weighted by atomic mass is 16.8. The van der Waals surface area contributed by atoms with E-state index in [9.17, 15) is 0 Å². The lowest BCUT2D eigenvalue weighted by Crippen LogP contribution is -2.47. The first kappa shape index (κ1) is 24.2. The van der Waals surface area contributed by atoms with E-state index in [1.54, 1.807) is 7.11 Å². The second-order valence-electron chi connectivity index (χ2n) is 10.3. The van der Waals surface area contributed by atoms with E-state index in [4.69, 9.17) is 33.2 Å². The molecule has 1 aromatic rings. The van der Waals surface area contributed by atoms with Crippen LogP contribution in [0.15, 0.2) is 24.3 Å². The third-order valence-electron chi connectivity index (χ3n) is 6.94. The molecular weight excluding hydrogens is 440 g/mol. The summed E-state index contributed by atoms with van der Waals surface area (Å²) < 4.78 is 41.9. The normalized spacial score (nSPS) is 35.0. The molecule has 0 amide bonds. The van der Waals surface area contributed by atoms with Gasteiger partial charge in [0.05, 0.1) is 20.3 Å². The molecule has 4 saturated heterocycles. The molecule has 4 fully saturated rings. The maximum absolute atomic E-state index is 6.27. The minimum atomic E-state index is -0.675. The van der Waals surface area contributed by atoms with E-state index in [-0.39, 0.29) is 24.4 Å². The number of nitrogens with zero attached hydrogens (tertiary/aromatic N) is 2. The van der Waals surface area contributed by atoms with E-state index in [2.05, 4.69) is 21.9 Å². The molecule has 5 rings (SSSR count). The molecule has 4 aliphatic rings. The van der Waals surface area contributed by atoms with E-state index in [0.717, 1.165) is 38.5 Å². The molecule has 0 bridgehead atoms. The van der Waals surface area contributed by atoms with Crippen molar-refractivity contribution in [3.05, 3.63) is 24.3 Å². The van der Waals surface area contributed by atoms with Gasteiger partial charge in [0.15, 0.2) is 17.9 Å². The first-order valence-electron chi connectivity index (χ1n) is 12.3. The molecule has 4 aliphatic heterocycles. The van der Waals surface area contributed by atoms with Crippen LogP contribution in [0.1, 0.15) is 27.7 Å². The molecule has 0 aromatic heterocycles. The van der Waals surface area contributed by atoms with Crippen LogP contribution in [0, 0.1) is 0 Å². The molecule has 5 atom stereocenters. The Morgan fingerprint density at radius 2 is 1.59 bits per heavy atom. The smallest absolute Gasteiger partial charge is 0.187 e. The summed E-state index contributed by atoms with van der Waals surface area (Å²) in [5.41, 5.74) is 1.23. The summed E-state index contributed by atoms with van der Waals surface area (Å²) in [6.45, 7) is 13.5. The Kier molecular flexibility index (Phi) is 6.80. The first-order valence-corrected chi connectivity index (χ1v) is 12.3. The van der Waals surface area contributed by atoms with Crippen molar-refractivity contribution in [2.24, 2.45) is 0 Å². The number of anilines is 1. The van der Waals surface area contributed by atoms with E-state index in [1.165, 1.54) is 5.69 Å². The summed E-state index contributed by atoms with van der Waals surface area (Å²) in [5, 5.41) is 0. The lowest BCUT2D eigenvalue weighted by Gasteiger charge is -2.36. The lowest BCUT2D eigenvalue weighted by atomic mass is 10.1. The molecule has 0 aliphatic carbocycles. The van der Waals surface area contributed by atoms with Crippen molar-refractivity contribution in [2.45, 2.75) is 70.0 Å². The average molecular weight is 479 g/mol. The van der Waals surface area contributed by atoms with Crippen LogP contribution in [0.4, 0.5) is 5.69 Å². The summed E-state index contributed by atoms with van der Waals surface area (Å²) in [7, 11) is 1.69. The van der Waals surface area contributed by atoms with Gasteiger partial charge < -0.3 is 38.1 Å². The Hall–Kier alpha value is -1.46. The van der Waals surface area contributed by atoms with Gasteiger partial charge in [-0.15, -0.1) is 0 Å². The molecule has 9 heteroatoms. The van der Waals surface area contributed by atoms with Gasteiger partial charge in [0.1, 0.15) is 30.2 Å². The van der Waals surface area contributed by atoms with Gasteiger partial charge in [0.25, 0.3) is 0 Å². The van der Waals surface area contributed by atoms with Crippen molar-refractivity contribution in [3.8, 4) is 5.75 Å². The Balaban J connectivity index is 1.10. The predicted octanol–water partition coefficient (Wildman–Crippen LogP) is 2.23. The standard InChI is InChI=1S/C25H38N2O7/c1-24(2)30-16-19(32-24)20-21-22(34-25(3,4)33-21)23(31-20)29-15-14-26-10-12-27(13-11-26)17-6-8-18(28-5)9-7-17/h6-9,19-23H,10-16H2,1-5H3/t19-,20-,21+,22+,23+/m1/s1. The Morgan fingerprint density at radius 3 is 2.24 bits per heavy atom. The first-order chi connectivity index (χ1) is 16.2. The molecule has 190 valence electrons. The molecule has 0 unspecified atom stereocenters. The number of methoxy groups -OCH3 is 1. The second-order valence-corrected chi connectivity index (χ2v) is 10.3. The van der Waals surface area contributed by atoms with Crippen LogP contribution < -0.4 is 9.64 Å². The van der Waals surface area contributed by atoms with Crippen molar-refractivity contribution in [3.63, 3.8) is 0 Å². The van der Waals surface area contributed by atoms with Crippen LogP contribution in [0.3, 0.4) is 0 Å². The molecular formula is C25H38N2O7. The zero-order valence-corrected chi connectivity index (χ0v) is 20.9. The number of piperazine rings is 1. The third-order valence-corrected chi connectivity index (χ3v) is 6.94. The molecule has 0 radical (unpaired) electrons. The van der Waals surface area contributed by atoms with E-state index in [0.29, 0.717) is 13.2 Å². The van der Waals surface area contributed by atoms with Crippen LogP contribution >= 0.6 is 0 Å². The number of hydrogen-bond acceptors (Lipinski definition) is 9. The summed E-state index contributed by atoms with van der Waals surface area (Å²) >= 11 is 0. The highest BCUT2D eigenvalue weighted by molar-refractivity contribution is 5.49. The van der Waals surface area contributed by atoms with Crippen molar-refractivity contribution in [1.29, 1.82) is 0 Å². The predicted molar refractivity (Wildman–Crippen MR) is 125 cm³/mol. The van der Waals surface area contributed by atoms with Crippen molar-refractivity contribution < 1.29 is 33.2 Å². The van der Waals surface area contributed by atoms with Crippen molar-refractivity contribution in [1.82, 2.24) is 4.90 Å². The quantitative estimate of drug-likeness (QED) is 0.587. The van der Waals surface area contributed by atoms with Gasteiger partial charge in [-0.1, -0.05) is 0 Å². The molecule has 0 N–H and O–H groups in total. The Bertz CT molecular complexity index is 825. The lowest BCUT2D eigenvalue weighted by molar-refractivity contribution is -0.247. The van der Waals surface area contributed by atoms with Crippen molar-refractivity contribution in [2.75, 3.05) is 57.9 Å². The number of fused-ring (bicyclic) bond motifs is 1. The highest BCUT2D eigenvalue weighted by Gasteiger charge is 2.59. The van der Waals surface area contributed by atoms with Crippen LogP contribution in [0.25, 0.3) is 0 Å². The highest BCUT2D eigenvalue weighted by Crippen LogP contribution is 2.42. The minimum Gasteiger partial charge on any atom is -0.497 e. The van der Waals surface area contributed by atoms with Crippen molar-refractivity contribution >= 4 is 5.69 Å². The molecule has 0 saturated carbocycles. The molecule has 4 heterocycles. The summed E-state index contributed by atoms with van der Waals surface area (Å²) in [6, 6.07) is 8.26. The largest absolute Gasteiger partial charge is 0.497 e. The summed E-state index contributed by atoms with van der Waals surface area (Å²) in [4.78, 5) is 4.83. The van der Waals surface area contributed by atoms with Crippen LogP contribution in [0.2, 0.25) is 0 Å². The van der Waals surface area contributed by atoms with E-state index >= 15 is 0 Å². The van der Waals surface area contributed by atoms with Crippen LogP contribution in [0.5, 0.6) is 5.75 Å². The zero-order valence-electron chi connectivity index (χ0n) is 20.9. The monoisotopic (exact) mass is 478 g/mol. The second kappa shape index (κ2) is 9.54. The topological polar surface area (TPSA) is 71.1 Å². The fourth-order valence-electron chi connectivity index (χ4n) is 5.22. The maximum Gasteiger partial charge on any atom is 0.187 e. The number of ether oxygens (including phenoxy) is 7. The zero-order chi connectivity index (χ0) is 23.9. The summed E-state index contributed by atoms with van der Waals surface area (Å²) in [5.74, 6) is -0.411. The van der Waals surface area contributed by atoms with Gasteiger partial charge in [0, 0.05) is 38.4 Å². The minimum absolute atomic E-state index is 0.209. The SMILES string of the molecule is COc1ccc(N2CCN(CCO[C@H]3O[C@H]([C@H]4COC(C)(C)O4)[C@@H]4OC(C)(C)O[C@H]34)CC2)cc1. The fraction of sp³-hybridized carbons (Fsp3) is 0.760. The maximum atomic E-state index is 6.27. The molecule has 0 spiro atoms. The number of benzene rings is 1. The molecule has 34 heavy (non-hydrogen) atoms. The van der Waals surface area contributed by atoms with Gasteiger partial charge in [-0.25, -0.2) is 0 Å².